The van der Waals surface area contributed by atoms with E-state index in [4.69, 9.17) is 0 Å². The lowest BCUT2D eigenvalue weighted by molar-refractivity contribution is 0.117. The predicted molar refractivity (Wildman–Crippen MR) is 264 cm³/mol. The maximum atomic E-state index is 2.67. The van der Waals surface area contributed by atoms with E-state index < -0.39 is 0 Å². The van der Waals surface area contributed by atoms with Crippen LogP contribution in [-0.2, 0) is 26.2 Å². The molecule has 0 aliphatic carbocycles. The summed E-state index contributed by atoms with van der Waals surface area (Å²) in [4.78, 5) is 10.7. The van der Waals surface area contributed by atoms with Crippen LogP contribution in [-0.4, -0.2) is 31.9 Å². The molecule has 0 unspecified atom stereocenters. The summed E-state index contributed by atoms with van der Waals surface area (Å²) in [7, 11) is 0. The highest BCUT2D eigenvalue weighted by molar-refractivity contribution is 5.34. The number of hydrogen-bond acceptors (Lipinski definition) is 4. The van der Waals surface area contributed by atoms with Gasteiger partial charge in [-0.05, 0) is 58.4 Å². The van der Waals surface area contributed by atoms with Gasteiger partial charge >= 0.3 is 0 Å². The summed E-state index contributed by atoms with van der Waals surface area (Å²) in [6.45, 7) is 8.44. The average molecular weight is 837 g/mol. The fraction of sp³-hybridized carbons (Fsp3) is 0.200. The third-order valence-electron chi connectivity index (χ3n) is 13.3. The van der Waals surface area contributed by atoms with Crippen molar-refractivity contribution in [3.8, 4) is 0 Å². The van der Waals surface area contributed by atoms with Gasteiger partial charge in [0.25, 0.3) is 0 Å². The topological polar surface area (TPSA) is 13.0 Å². The average Bonchev–Trinajstić information content (AvgIpc) is 3.79. The summed E-state index contributed by atoms with van der Waals surface area (Å²) < 4.78 is 0. The Bertz CT molecular complexity index is 2200. The summed E-state index contributed by atoms with van der Waals surface area (Å²) in [6.07, 6.45) is 0.594. The highest BCUT2D eigenvalue weighted by Crippen LogP contribution is 2.50. The standard InChI is InChI=1S/2C30H30N2/c2*1-24-31(22-25-14-6-2-7-15-25)29(27-18-10-4-11-19-27)30(28-20-12-5-13-21-28)32(24)23-26-16-8-3-9-17-26/h2*2-21,24,29-30H,22-23H2,1H3/t2*29-,30-/m00/s1. The number of rotatable bonds is 12. The first-order chi connectivity index (χ1) is 31.6. The van der Waals surface area contributed by atoms with Crippen LogP contribution in [0.4, 0.5) is 0 Å². The monoisotopic (exact) mass is 836 g/mol. The fourth-order valence-electron chi connectivity index (χ4n) is 10.2. The molecule has 8 aromatic carbocycles. The summed E-state index contributed by atoms with van der Waals surface area (Å²) >= 11 is 0. The van der Waals surface area contributed by atoms with Gasteiger partial charge in [0.15, 0.2) is 0 Å². The number of nitrogens with zero attached hydrogens (tertiary/aromatic N) is 4. The molecular weight excluding hydrogens is 777 g/mol. The Balaban J connectivity index is 0.000000162. The van der Waals surface area contributed by atoms with Gasteiger partial charge in [-0.2, -0.15) is 0 Å². The lowest BCUT2D eigenvalue weighted by atomic mass is 9.92. The van der Waals surface area contributed by atoms with Crippen LogP contribution in [0.15, 0.2) is 243 Å². The zero-order valence-corrected chi connectivity index (χ0v) is 37.2. The minimum Gasteiger partial charge on any atom is -0.275 e. The highest BCUT2D eigenvalue weighted by atomic mass is 15.5. The Morgan fingerprint density at radius 1 is 0.234 bits per heavy atom. The van der Waals surface area contributed by atoms with E-state index in [9.17, 15) is 0 Å². The van der Waals surface area contributed by atoms with E-state index in [2.05, 4.69) is 276 Å². The molecular formula is C60H60N4. The van der Waals surface area contributed by atoms with E-state index in [1.54, 1.807) is 0 Å². The first-order valence-corrected chi connectivity index (χ1v) is 23.0. The van der Waals surface area contributed by atoms with Crippen molar-refractivity contribution >= 4 is 0 Å². The lowest BCUT2D eigenvalue weighted by Crippen LogP contribution is -2.36. The molecule has 4 heteroatoms. The summed E-state index contributed by atoms with van der Waals surface area (Å²) in [6, 6.07) is 88.7. The minimum atomic E-state index is 0.275. The molecule has 10 rings (SSSR count). The summed E-state index contributed by atoms with van der Waals surface area (Å²) in [5.74, 6) is 0. The molecule has 0 saturated carbocycles. The first kappa shape index (κ1) is 42.9. The van der Waals surface area contributed by atoms with Crippen molar-refractivity contribution in [2.45, 2.75) is 76.5 Å². The Morgan fingerprint density at radius 3 is 0.562 bits per heavy atom. The number of benzene rings is 8. The van der Waals surface area contributed by atoms with Crippen LogP contribution in [0.5, 0.6) is 0 Å². The second-order valence-corrected chi connectivity index (χ2v) is 17.3. The number of hydrogen-bond donors (Lipinski definition) is 0. The molecule has 320 valence electrons. The van der Waals surface area contributed by atoms with Crippen molar-refractivity contribution in [2.75, 3.05) is 0 Å². The van der Waals surface area contributed by atoms with Gasteiger partial charge in [-0.1, -0.05) is 243 Å². The lowest BCUT2D eigenvalue weighted by Gasteiger charge is -2.29. The van der Waals surface area contributed by atoms with E-state index in [1.807, 2.05) is 0 Å². The largest absolute Gasteiger partial charge is 0.275 e. The van der Waals surface area contributed by atoms with Crippen LogP contribution >= 0.6 is 0 Å². The second-order valence-electron chi connectivity index (χ2n) is 17.3. The van der Waals surface area contributed by atoms with E-state index in [-0.39, 0.29) is 24.2 Å². The molecule has 8 aromatic rings. The van der Waals surface area contributed by atoms with Crippen molar-refractivity contribution in [1.29, 1.82) is 0 Å². The van der Waals surface area contributed by atoms with Crippen molar-refractivity contribution < 1.29 is 0 Å². The first-order valence-electron chi connectivity index (χ1n) is 23.0. The molecule has 2 fully saturated rings. The van der Waals surface area contributed by atoms with Gasteiger partial charge < -0.3 is 0 Å². The van der Waals surface area contributed by atoms with Crippen LogP contribution in [0.3, 0.4) is 0 Å². The van der Waals surface area contributed by atoms with Crippen molar-refractivity contribution in [1.82, 2.24) is 19.6 Å². The van der Waals surface area contributed by atoms with Crippen LogP contribution in [0.2, 0.25) is 0 Å². The molecule has 64 heavy (non-hydrogen) atoms. The van der Waals surface area contributed by atoms with Crippen LogP contribution in [0.1, 0.15) is 82.5 Å². The van der Waals surface area contributed by atoms with E-state index in [1.165, 1.54) is 44.5 Å². The molecule has 0 bridgehead atoms. The highest BCUT2D eigenvalue weighted by Gasteiger charge is 2.47. The normalized spacial score (nSPS) is 19.9. The SMILES string of the molecule is CC1N(Cc2ccccc2)[C@@H](c2ccccc2)[C@H](c2ccccc2)N1Cc1ccccc1.CC1N(Cc2ccccc2)[C@@H](c2ccccc2)[C@H](c2ccccc2)N1Cc1ccccc1. The third-order valence-corrected chi connectivity index (χ3v) is 13.3. The zero-order chi connectivity index (χ0) is 43.5. The van der Waals surface area contributed by atoms with Crippen molar-refractivity contribution in [3.05, 3.63) is 287 Å². The Kier molecular flexibility index (Phi) is 14.0. The Labute approximate surface area is 381 Å². The van der Waals surface area contributed by atoms with E-state index in [0.29, 0.717) is 12.3 Å². The molecule has 0 N–H and O–H groups in total. The quantitative estimate of drug-likeness (QED) is 0.122. The maximum Gasteiger partial charge on any atom is 0.0612 e. The molecule has 0 amide bonds. The smallest absolute Gasteiger partial charge is 0.0612 e. The maximum absolute atomic E-state index is 2.67. The van der Waals surface area contributed by atoms with Crippen molar-refractivity contribution in [2.24, 2.45) is 0 Å². The minimum absolute atomic E-state index is 0.275. The van der Waals surface area contributed by atoms with Gasteiger partial charge in [0, 0.05) is 26.2 Å². The molecule has 0 radical (unpaired) electrons. The Morgan fingerprint density at radius 2 is 0.391 bits per heavy atom. The summed E-state index contributed by atoms with van der Waals surface area (Å²) in [5.41, 5.74) is 10.9. The van der Waals surface area contributed by atoms with Gasteiger partial charge in [-0.3, -0.25) is 19.6 Å². The van der Waals surface area contributed by atoms with Gasteiger partial charge in [-0.15, -0.1) is 0 Å². The van der Waals surface area contributed by atoms with Crippen LogP contribution in [0.25, 0.3) is 0 Å². The van der Waals surface area contributed by atoms with Gasteiger partial charge in [0.2, 0.25) is 0 Å². The van der Waals surface area contributed by atoms with E-state index >= 15 is 0 Å². The van der Waals surface area contributed by atoms with Crippen LogP contribution in [0, 0.1) is 0 Å². The second kappa shape index (κ2) is 20.9. The van der Waals surface area contributed by atoms with Gasteiger partial charge in [0.05, 0.1) is 36.5 Å². The summed E-state index contributed by atoms with van der Waals surface area (Å²) in [5, 5.41) is 0. The third kappa shape index (κ3) is 9.87. The van der Waals surface area contributed by atoms with Gasteiger partial charge in [0.1, 0.15) is 0 Å². The molecule has 4 nitrogen and oxygen atoms in total. The van der Waals surface area contributed by atoms with Crippen molar-refractivity contribution in [3.63, 3.8) is 0 Å². The molecule has 4 atom stereocenters. The molecule has 2 aliphatic heterocycles. The molecule has 0 aromatic heterocycles. The predicted octanol–water partition coefficient (Wildman–Crippen LogP) is 13.7. The molecule has 2 heterocycles. The molecule has 2 aliphatic rings. The van der Waals surface area contributed by atoms with E-state index in [0.717, 1.165) is 26.2 Å². The zero-order valence-electron chi connectivity index (χ0n) is 37.2. The van der Waals surface area contributed by atoms with Gasteiger partial charge in [-0.25, -0.2) is 0 Å². The fourth-order valence-corrected chi connectivity index (χ4v) is 10.2. The molecule has 0 spiro atoms. The Hall–Kier alpha value is -6.40. The van der Waals surface area contributed by atoms with Crippen LogP contribution < -0.4 is 0 Å². The molecule has 2 saturated heterocycles.